The SMILES string of the molecule is CC.CC.Cc1cccc(F)c1.Cc1cccc2ccccc12.Cc1ccccc1F. The fourth-order valence-corrected chi connectivity index (χ4v) is 2.54. The number of aryl methyl sites for hydroxylation is 3. The summed E-state index contributed by atoms with van der Waals surface area (Å²) in [5.41, 5.74) is 3.01. The third-order valence-electron chi connectivity index (χ3n) is 4.06. The Morgan fingerprint density at radius 3 is 1.52 bits per heavy atom. The van der Waals surface area contributed by atoms with Crippen molar-refractivity contribution in [3.63, 3.8) is 0 Å². The monoisotopic (exact) mass is 422 g/mol. The average molecular weight is 423 g/mol. The molecule has 0 heterocycles. The average Bonchev–Trinajstić information content (AvgIpc) is 2.80. The quantitative estimate of drug-likeness (QED) is 0.265. The first-order valence-corrected chi connectivity index (χ1v) is 10.8. The molecule has 0 N–H and O–H groups in total. The van der Waals surface area contributed by atoms with Gasteiger partial charge >= 0.3 is 0 Å². The van der Waals surface area contributed by atoms with E-state index < -0.39 is 0 Å². The largest absolute Gasteiger partial charge is 0.207 e. The van der Waals surface area contributed by atoms with Crippen molar-refractivity contribution in [1.82, 2.24) is 0 Å². The van der Waals surface area contributed by atoms with Gasteiger partial charge in [0.15, 0.2) is 0 Å². The first-order valence-electron chi connectivity index (χ1n) is 10.8. The van der Waals surface area contributed by atoms with Crippen molar-refractivity contribution in [2.24, 2.45) is 0 Å². The molecule has 4 aromatic carbocycles. The Bertz CT molecular complexity index is 947. The van der Waals surface area contributed by atoms with E-state index in [1.165, 1.54) is 34.5 Å². The number of rotatable bonds is 0. The molecule has 0 unspecified atom stereocenters. The molecule has 0 aliphatic heterocycles. The van der Waals surface area contributed by atoms with Crippen LogP contribution >= 0.6 is 0 Å². The molecule has 0 atom stereocenters. The molecule has 0 bridgehead atoms. The summed E-state index contributed by atoms with van der Waals surface area (Å²) in [5, 5.41) is 2.68. The predicted octanol–water partition coefficient (Wildman–Crippen LogP) is 9.47. The van der Waals surface area contributed by atoms with Crippen LogP contribution in [0.1, 0.15) is 44.4 Å². The predicted molar refractivity (Wildman–Crippen MR) is 134 cm³/mol. The molecule has 0 aromatic heterocycles. The fraction of sp³-hybridized carbons (Fsp3) is 0.241. The molecular formula is C29H36F2. The maximum absolute atomic E-state index is 12.3. The van der Waals surface area contributed by atoms with Gasteiger partial charge in [0.2, 0.25) is 0 Å². The van der Waals surface area contributed by atoms with Gasteiger partial charge in [0.25, 0.3) is 0 Å². The summed E-state index contributed by atoms with van der Waals surface area (Å²) in [6.45, 7) is 13.8. The van der Waals surface area contributed by atoms with Gasteiger partial charge in [-0.3, -0.25) is 0 Å². The lowest BCUT2D eigenvalue weighted by Gasteiger charge is -1.98. The molecule has 0 aliphatic carbocycles. The van der Waals surface area contributed by atoms with Crippen LogP contribution in [0.4, 0.5) is 8.78 Å². The van der Waals surface area contributed by atoms with E-state index in [4.69, 9.17) is 0 Å². The van der Waals surface area contributed by atoms with Crippen LogP contribution in [0.3, 0.4) is 0 Å². The Labute approximate surface area is 187 Å². The molecule has 0 nitrogen and oxygen atoms in total. The topological polar surface area (TPSA) is 0 Å². The number of halogens is 2. The van der Waals surface area contributed by atoms with Crippen LogP contribution in [0.2, 0.25) is 0 Å². The van der Waals surface area contributed by atoms with Crippen molar-refractivity contribution in [3.05, 3.63) is 119 Å². The maximum Gasteiger partial charge on any atom is 0.126 e. The molecule has 0 aliphatic rings. The highest BCUT2D eigenvalue weighted by Crippen LogP contribution is 2.16. The summed E-state index contributed by atoms with van der Waals surface area (Å²) in [6.07, 6.45) is 0. The van der Waals surface area contributed by atoms with Gasteiger partial charge in [-0.2, -0.15) is 0 Å². The van der Waals surface area contributed by atoms with E-state index in [1.54, 1.807) is 25.1 Å². The lowest BCUT2D eigenvalue weighted by molar-refractivity contribution is 0.618. The van der Waals surface area contributed by atoms with Gasteiger partial charge in [-0.05, 0) is 66.4 Å². The fourth-order valence-electron chi connectivity index (χ4n) is 2.54. The molecule has 4 rings (SSSR count). The summed E-state index contributed by atoms with van der Waals surface area (Å²) in [4.78, 5) is 0. The van der Waals surface area contributed by atoms with Crippen molar-refractivity contribution in [2.75, 3.05) is 0 Å². The summed E-state index contributed by atoms with van der Waals surface area (Å²) < 4.78 is 24.5. The van der Waals surface area contributed by atoms with E-state index >= 15 is 0 Å². The Morgan fingerprint density at radius 1 is 0.516 bits per heavy atom. The van der Waals surface area contributed by atoms with Crippen LogP contribution in [0, 0.1) is 32.4 Å². The van der Waals surface area contributed by atoms with E-state index in [0.29, 0.717) is 5.56 Å². The van der Waals surface area contributed by atoms with Crippen LogP contribution in [-0.4, -0.2) is 0 Å². The molecule has 0 saturated heterocycles. The van der Waals surface area contributed by atoms with E-state index in [-0.39, 0.29) is 11.6 Å². The molecule has 0 amide bonds. The van der Waals surface area contributed by atoms with Crippen molar-refractivity contribution in [2.45, 2.75) is 48.5 Å². The maximum atomic E-state index is 12.3. The first-order chi connectivity index (χ1) is 15.0. The second kappa shape index (κ2) is 16.8. The minimum Gasteiger partial charge on any atom is -0.207 e. The molecule has 166 valence electrons. The van der Waals surface area contributed by atoms with Gasteiger partial charge in [-0.25, -0.2) is 8.78 Å². The Balaban J connectivity index is 0.000000409. The van der Waals surface area contributed by atoms with Crippen molar-refractivity contribution in [3.8, 4) is 0 Å². The van der Waals surface area contributed by atoms with Crippen LogP contribution in [0.25, 0.3) is 10.8 Å². The lowest BCUT2D eigenvalue weighted by Crippen LogP contribution is -1.76. The summed E-state index contributed by atoms with van der Waals surface area (Å²) in [7, 11) is 0. The number of benzene rings is 4. The van der Waals surface area contributed by atoms with Gasteiger partial charge in [-0.1, -0.05) is 100 Å². The molecule has 0 spiro atoms. The highest BCUT2D eigenvalue weighted by atomic mass is 19.1. The van der Waals surface area contributed by atoms with E-state index in [0.717, 1.165) is 5.56 Å². The molecule has 0 saturated carbocycles. The normalized spacial score (nSPS) is 8.81. The van der Waals surface area contributed by atoms with Crippen molar-refractivity contribution >= 4 is 10.8 Å². The zero-order valence-electron chi connectivity index (χ0n) is 19.9. The van der Waals surface area contributed by atoms with E-state index in [2.05, 4.69) is 49.4 Å². The Kier molecular flexibility index (Phi) is 15.1. The molecule has 2 heteroatoms. The van der Waals surface area contributed by atoms with Gasteiger partial charge in [0.1, 0.15) is 11.6 Å². The smallest absolute Gasteiger partial charge is 0.126 e. The first kappa shape index (κ1) is 28.0. The highest BCUT2D eigenvalue weighted by Gasteiger charge is 1.92. The zero-order valence-corrected chi connectivity index (χ0v) is 19.9. The molecule has 31 heavy (non-hydrogen) atoms. The van der Waals surface area contributed by atoms with Gasteiger partial charge in [0, 0.05) is 0 Å². The minimum atomic E-state index is -0.162. The third-order valence-corrected chi connectivity index (χ3v) is 4.06. The van der Waals surface area contributed by atoms with Crippen molar-refractivity contribution < 1.29 is 8.78 Å². The van der Waals surface area contributed by atoms with Crippen LogP contribution in [0.5, 0.6) is 0 Å². The van der Waals surface area contributed by atoms with Crippen LogP contribution in [0.15, 0.2) is 91.0 Å². The lowest BCUT2D eigenvalue weighted by atomic mass is 10.1. The zero-order chi connectivity index (χ0) is 23.6. The standard InChI is InChI=1S/C11H10.2C7H7F.2C2H6/c1-9-5-4-7-10-6-2-3-8-11(9)10;1-6-3-2-4-7(8)5-6;1-6-4-2-3-5-7(6)8;2*1-2/h2-8H,1H3;2*2-5H,1H3;2*1-2H3. The van der Waals surface area contributed by atoms with E-state index in [1.807, 2.05) is 46.8 Å². The molecule has 0 fully saturated rings. The second-order valence-electron chi connectivity index (χ2n) is 6.34. The summed E-state index contributed by atoms with van der Waals surface area (Å²) in [5.74, 6) is -0.294. The van der Waals surface area contributed by atoms with E-state index in [9.17, 15) is 8.78 Å². The van der Waals surface area contributed by atoms with Gasteiger partial charge < -0.3 is 0 Å². The van der Waals surface area contributed by atoms with Crippen LogP contribution in [-0.2, 0) is 0 Å². The minimum absolute atomic E-state index is 0.132. The van der Waals surface area contributed by atoms with Crippen molar-refractivity contribution in [1.29, 1.82) is 0 Å². The number of hydrogen-bond acceptors (Lipinski definition) is 0. The summed E-state index contributed by atoms with van der Waals surface area (Å²) >= 11 is 0. The number of fused-ring (bicyclic) bond motifs is 1. The summed E-state index contributed by atoms with van der Waals surface area (Å²) in [6, 6.07) is 28.0. The molecular weight excluding hydrogens is 386 g/mol. The Hall–Kier alpha value is -3.00. The molecule has 0 radical (unpaired) electrons. The Morgan fingerprint density at radius 2 is 1.03 bits per heavy atom. The van der Waals surface area contributed by atoms with Gasteiger partial charge in [-0.15, -0.1) is 0 Å². The third kappa shape index (κ3) is 11.1. The van der Waals surface area contributed by atoms with Gasteiger partial charge in [0.05, 0.1) is 0 Å². The number of hydrogen-bond donors (Lipinski definition) is 0. The second-order valence-corrected chi connectivity index (χ2v) is 6.34. The van der Waals surface area contributed by atoms with Crippen LogP contribution < -0.4 is 0 Å². The highest BCUT2D eigenvalue weighted by molar-refractivity contribution is 5.85. The molecule has 4 aromatic rings.